The van der Waals surface area contributed by atoms with Crippen molar-refractivity contribution in [1.82, 2.24) is 7.85 Å². The van der Waals surface area contributed by atoms with E-state index in [2.05, 4.69) is 32.3 Å². The first-order valence-electron chi connectivity index (χ1n) is 3.18. The average molecular weight is 302 g/mol. The minimum atomic E-state index is -0.889. The van der Waals surface area contributed by atoms with Gasteiger partial charge in [-0.15, -0.1) is 0 Å². The van der Waals surface area contributed by atoms with Gasteiger partial charge in [0.2, 0.25) is 6.41 Å². The van der Waals surface area contributed by atoms with Gasteiger partial charge in [-0.05, 0) is 13.8 Å². The molecule has 0 saturated heterocycles. The maximum Gasteiger partial charge on any atom is 0.258 e. The van der Waals surface area contributed by atoms with Crippen molar-refractivity contribution in [3.8, 4) is 0 Å². The molecule has 70 valence electrons. The van der Waals surface area contributed by atoms with Gasteiger partial charge >= 0.3 is 0 Å². The molecule has 6 heteroatoms. The van der Waals surface area contributed by atoms with Gasteiger partial charge < -0.3 is 0 Å². The van der Waals surface area contributed by atoms with Crippen LogP contribution in [0.1, 0.15) is 13.8 Å². The van der Waals surface area contributed by atoms with E-state index in [1.807, 2.05) is 0 Å². The van der Waals surface area contributed by atoms with Crippen LogP contribution in [0.3, 0.4) is 0 Å². The predicted octanol–water partition coefficient (Wildman–Crippen LogP) is 1.30. The fraction of sp³-hybridized carbons (Fsp3) is 0.667. The Labute approximate surface area is 88.6 Å². The summed E-state index contributed by atoms with van der Waals surface area (Å²) in [6, 6.07) is 0. The zero-order valence-corrected chi connectivity index (χ0v) is 10.2. The van der Waals surface area contributed by atoms with Crippen molar-refractivity contribution in [1.29, 1.82) is 0 Å². The van der Waals surface area contributed by atoms with Gasteiger partial charge in [-0.3, -0.25) is 17.4 Å². The van der Waals surface area contributed by atoms with Crippen LogP contribution in [0, 0.1) is 0 Å². The second-order valence-electron chi connectivity index (χ2n) is 2.76. The molecule has 0 saturated carbocycles. The molecule has 0 aromatic rings. The Morgan fingerprint density at radius 3 is 2.08 bits per heavy atom. The lowest BCUT2D eigenvalue weighted by Crippen LogP contribution is -2.48. The van der Waals surface area contributed by atoms with Crippen LogP contribution >= 0.6 is 32.3 Å². The summed E-state index contributed by atoms with van der Waals surface area (Å²) < 4.78 is 2.39. The molecule has 0 N–H and O–H groups in total. The van der Waals surface area contributed by atoms with Crippen LogP contribution in [0.4, 0.5) is 0 Å². The quantitative estimate of drug-likeness (QED) is 0.582. The molecule has 0 aromatic heterocycles. The van der Waals surface area contributed by atoms with E-state index >= 15 is 0 Å². The third-order valence-corrected chi connectivity index (χ3v) is 2.81. The van der Waals surface area contributed by atoms with Crippen LogP contribution < -0.4 is 0 Å². The molecule has 0 aromatic carbocycles. The molecule has 4 nitrogen and oxygen atoms in total. The van der Waals surface area contributed by atoms with Gasteiger partial charge in [0.25, 0.3) is 5.91 Å². The highest BCUT2D eigenvalue weighted by Gasteiger charge is 2.34. The first kappa shape index (κ1) is 11.9. The highest BCUT2D eigenvalue weighted by Crippen LogP contribution is 2.20. The molecule has 0 unspecified atom stereocenters. The Morgan fingerprint density at radius 1 is 1.42 bits per heavy atom. The van der Waals surface area contributed by atoms with Crippen molar-refractivity contribution in [2.45, 2.75) is 19.4 Å². The Balaban J connectivity index is 4.60. The van der Waals surface area contributed by atoms with E-state index in [-0.39, 0.29) is 5.91 Å². The summed E-state index contributed by atoms with van der Waals surface area (Å²) in [5.41, 5.74) is -0.889. The van der Waals surface area contributed by atoms with Gasteiger partial charge in [0.1, 0.15) is 5.54 Å². The predicted molar refractivity (Wildman–Crippen MR) is 52.6 cm³/mol. The van der Waals surface area contributed by atoms with Crippen molar-refractivity contribution in [2.75, 3.05) is 7.05 Å². The van der Waals surface area contributed by atoms with Crippen LogP contribution in [-0.4, -0.2) is 32.8 Å². The van der Waals surface area contributed by atoms with Crippen LogP contribution in [0.5, 0.6) is 0 Å². The van der Waals surface area contributed by atoms with Gasteiger partial charge in [-0.25, -0.2) is 0 Å². The fourth-order valence-corrected chi connectivity index (χ4v) is 1.19. The third-order valence-electron chi connectivity index (χ3n) is 1.43. The van der Waals surface area contributed by atoms with Gasteiger partial charge in [-0.2, -0.15) is 0 Å². The highest BCUT2D eigenvalue weighted by atomic mass is 79.9. The number of likely N-dealkylation sites (N-methyl/N-ethyl adjacent to an activating group) is 1. The molecule has 12 heavy (non-hydrogen) atoms. The van der Waals surface area contributed by atoms with Gasteiger partial charge in [0.15, 0.2) is 0 Å². The smallest absolute Gasteiger partial charge is 0.258 e. The summed E-state index contributed by atoms with van der Waals surface area (Å²) in [5, 5.41) is 0. The molecular formula is C6H10Br2N2O2. The van der Waals surface area contributed by atoms with Gasteiger partial charge in [0.05, 0.1) is 32.3 Å². The number of rotatable bonds is 3. The second kappa shape index (κ2) is 4.23. The Morgan fingerprint density at radius 2 is 1.83 bits per heavy atom. The monoisotopic (exact) mass is 300 g/mol. The molecular weight excluding hydrogens is 292 g/mol. The van der Waals surface area contributed by atoms with Crippen molar-refractivity contribution < 1.29 is 9.59 Å². The standard InChI is InChI=1S/C6H10Br2N2O2/c1-6(2,10(8)4-11)5(12)9(3)7/h4H,1-3H3. The van der Waals surface area contributed by atoms with E-state index in [0.717, 1.165) is 3.93 Å². The van der Waals surface area contributed by atoms with Crippen LogP contribution in [-0.2, 0) is 9.59 Å². The maximum atomic E-state index is 11.4. The molecule has 0 fully saturated rings. The zero-order valence-electron chi connectivity index (χ0n) is 7.04. The molecule has 0 spiro atoms. The van der Waals surface area contributed by atoms with Gasteiger partial charge in [0, 0.05) is 7.05 Å². The molecule has 0 aliphatic rings. The Kier molecular flexibility index (Phi) is 4.19. The summed E-state index contributed by atoms with van der Waals surface area (Å²) >= 11 is 5.96. The lowest BCUT2D eigenvalue weighted by atomic mass is 10.1. The molecule has 0 atom stereocenters. The largest absolute Gasteiger partial charge is 0.280 e. The van der Waals surface area contributed by atoms with E-state index in [9.17, 15) is 9.59 Å². The van der Waals surface area contributed by atoms with E-state index in [4.69, 9.17) is 0 Å². The summed E-state index contributed by atoms with van der Waals surface area (Å²) in [5.74, 6) is -0.216. The number of hydrogen-bond acceptors (Lipinski definition) is 2. The number of carbonyl (C=O) groups is 2. The van der Waals surface area contributed by atoms with Gasteiger partial charge in [-0.1, -0.05) is 0 Å². The van der Waals surface area contributed by atoms with Crippen molar-refractivity contribution in [2.24, 2.45) is 0 Å². The van der Waals surface area contributed by atoms with Crippen molar-refractivity contribution >= 4 is 44.6 Å². The van der Waals surface area contributed by atoms with Crippen LogP contribution in [0.15, 0.2) is 0 Å². The summed E-state index contributed by atoms with van der Waals surface area (Å²) in [6.45, 7) is 3.27. The number of carbonyl (C=O) groups excluding carboxylic acids is 2. The lowest BCUT2D eigenvalue weighted by molar-refractivity contribution is -0.136. The molecule has 0 aliphatic heterocycles. The summed E-state index contributed by atoms with van der Waals surface area (Å²) in [6.07, 6.45) is 0.550. The second-order valence-corrected chi connectivity index (χ2v) is 4.59. The normalized spacial score (nSPS) is 10.8. The highest BCUT2D eigenvalue weighted by molar-refractivity contribution is 9.08. The Bertz CT molecular complexity index is 194. The first-order chi connectivity index (χ1) is 5.34. The molecule has 0 bridgehead atoms. The average Bonchev–Trinajstić information content (AvgIpc) is 2.01. The van der Waals surface area contributed by atoms with Crippen molar-refractivity contribution in [3.63, 3.8) is 0 Å². The minimum Gasteiger partial charge on any atom is -0.280 e. The zero-order chi connectivity index (χ0) is 9.94. The van der Waals surface area contributed by atoms with Crippen LogP contribution in [0.25, 0.3) is 0 Å². The fourth-order valence-electron chi connectivity index (χ4n) is 0.600. The van der Waals surface area contributed by atoms with Crippen LogP contribution in [0.2, 0.25) is 0 Å². The lowest BCUT2D eigenvalue weighted by Gasteiger charge is -2.30. The van der Waals surface area contributed by atoms with E-state index < -0.39 is 5.54 Å². The van der Waals surface area contributed by atoms with E-state index in [1.54, 1.807) is 20.9 Å². The summed E-state index contributed by atoms with van der Waals surface area (Å²) in [7, 11) is 1.57. The number of amides is 2. The number of nitrogens with zero attached hydrogens (tertiary/aromatic N) is 2. The number of hydrogen-bond donors (Lipinski definition) is 0. The van der Waals surface area contributed by atoms with Crippen molar-refractivity contribution in [3.05, 3.63) is 0 Å². The minimum absolute atomic E-state index is 0.216. The SMILES string of the molecule is CN(Br)C(=O)C(C)(C)N(Br)C=O. The maximum absolute atomic E-state index is 11.4. The molecule has 0 rings (SSSR count). The first-order valence-corrected chi connectivity index (χ1v) is 4.60. The molecule has 2 amide bonds. The molecule has 0 radical (unpaired) electrons. The molecule has 0 heterocycles. The molecule has 0 aliphatic carbocycles. The number of halogens is 2. The topological polar surface area (TPSA) is 40.6 Å². The Hall–Kier alpha value is -0.100. The summed E-state index contributed by atoms with van der Waals surface area (Å²) in [4.78, 5) is 21.8. The van der Waals surface area contributed by atoms with E-state index in [0.29, 0.717) is 6.41 Å². The third kappa shape index (κ3) is 2.45. The van der Waals surface area contributed by atoms with E-state index in [1.165, 1.54) is 3.93 Å².